The first-order valence-electron chi connectivity index (χ1n) is 9.53. The lowest BCUT2D eigenvalue weighted by molar-refractivity contribution is -0.118. The van der Waals surface area contributed by atoms with Gasteiger partial charge in [-0.2, -0.15) is 0 Å². The molecule has 0 bridgehead atoms. The van der Waals surface area contributed by atoms with Gasteiger partial charge >= 0.3 is 5.97 Å². The highest BCUT2D eigenvalue weighted by molar-refractivity contribution is 7.17. The van der Waals surface area contributed by atoms with E-state index in [0.29, 0.717) is 22.8 Å². The molecule has 2 N–H and O–H groups in total. The molecule has 1 amide bonds. The summed E-state index contributed by atoms with van der Waals surface area (Å²) >= 11 is 1.13. The number of aryl methyl sites for hydroxylation is 2. The summed E-state index contributed by atoms with van der Waals surface area (Å²) in [5, 5.41) is 13.7. The number of carboxylic acid groups (broad SMARTS) is 1. The first-order chi connectivity index (χ1) is 13.9. The molecule has 0 aliphatic rings. The van der Waals surface area contributed by atoms with Gasteiger partial charge in [-0.05, 0) is 37.5 Å². The van der Waals surface area contributed by atoms with Gasteiger partial charge in [0.05, 0.1) is 10.9 Å². The monoisotopic (exact) mass is 413 g/mol. The van der Waals surface area contributed by atoms with Crippen LogP contribution in [-0.2, 0) is 17.6 Å². The Hall–Kier alpha value is -3.00. The number of rotatable bonds is 7. The lowest BCUT2D eigenvalue weighted by Crippen LogP contribution is -2.35. The molecule has 0 saturated heterocycles. The number of carboxylic acids is 1. The zero-order valence-electron chi connectivity index (χ0n) is 16.6. The van der Waals surface area contributed by atoms with E-state index in [9.17, 15) is 19.5 Å². The second kappa shape index (κ2) is 8.57. The van der Waals surface area contributed by atoms with Crippen molar-refractivity contribution in [2.45, 2.75) is 46.1 Å². The molecule has 0 radical (unpaired) electrons. The maximum Gasteiger partial charge on any atom is 0.337 e. The zero-order valence-corrected chi connectivity index (χ0v) is 17.4. The standard InChI is InChI=1S/C21H23N3O4S/c1-4-6-16-23-19-17(15(11-29-19)21(27)28)20(26)24(16)12(3)18(25)22-14-9-7-13(5-2)8-10-14/h7-12H,4-6H2,1-3H3,(H,22,25)(H,27,28). The number of amides is 1. The fourth-order valence-corrected chi connectivity index (χ4v) is 4.11. The molecule has 1 aromatic carbocycles. The van der Waals surface area contributed by atoms with Crippen molar-refractivity contribution in [3.8, 4) is 0 Å². The number of carbonyl (C=O) groups is 2. The summed E-state index contributed by atoms with van der Waals surface area (Å²) in [5.74, 6) is -1.06. The lowest BCUT2D eigenvalue weighted by Gasteiger charge is -2.19. The molecular weight excluding hydrogens is 390 g/mol. The molecule has 2 aromatic heterocycles. The first kappa shape index (κ1) is 20.7. The van der Waals surface area contributed by atoms with E-state index in [1.165, 1.54) is 9.95 Å². The predicted octanol–water partition coefficient (Wildman–Crippen LogP) is 3.87. The molecule has 0 spiro atoms. The third-order valence-corrected chi connectivity index (χ3v) is 5.69. The number of nitrogens with zero attached hydrogens (tertiary/aromatic N) is 2. The van der Waals surface area contributed by atoms with E-state index in [1.54, 1.807) is 6.92 Å². The largest absolute Gasteiger partial charge is 0.478 e. The summed E-state index contributed by atoms with van der Waals surface area (Å²) in [6.07, 6.45) is 2.15. The van der Waals surface area contributed by atoms with Crippen LogP contribution in [0.5, 0.6) is 0 Å². The number of fused-ring (bicyclic) bond motifs is 1. The van der Waals surface area contributed by atoms with Gasteiger partial charge in [-0.1, -0.05) is 26.0 Å². The van der Waals surface area contributed by atoms with E-state index in [-0.39, 0.29) is 16.9 Å². The van der Waals surface area contributed by atoms with E-state index >= 15 is 0 Å². The number of anilines is 1. The minimum Gasteiger partial charge on any atom is -0.478 e. The van der Waals surface area contributed by atoms with Crippen molar-refractivity contribution < 1.29 is 14.7 Å². The normalized spacial score (nSPS) is 12.1. The first-order valence-corrected chi connectivity index (χ1v) is 10.4. The predicted molar refractivity (Wildman–Crippen MR) is 114 cm³/mol. The van der Waals surface area contributed by atoms with Gasteiger partial charge in [0.25, 0.3) is 5.56 Å². The van der Waals surface area contributed by atoms with Crippen LogP contribution in [-0.4, -0.2) is 26.5 Å². The molecular formula is C21H23N3O4S. The van der Waals surface area contributed by atoms with Crippen molar-refractivity contribution in [1.82, 2.24) is 9.55 Å². The molecule has 3 rings (SSSR count). The Morgan fingerprint density at radius 2 is 1.93 bits per heavy atom. The van der Waals surface area contributed by atoms with Gasteiger partial charge in [-0.15, -0.1) is 11.3 Å². The highest BCUT2D eigenvalue weighted by atomic mass is 32.1. The van der Waals surface area contributed by atoms with Gasteiger partial charge in [0, 0.05) is 17.5 Å². The molecule has 3 aromatic rings. The summed E-state index contributed by atoms with van der Waals surface area (Å²) in [6.45, 7) is 5.63. The van der Waals surface area contributed by atoms with E-state index in [2.05, 4.69) is 17.2 Å². The average molecular weight is 413 g/mol. The van der Waals surface area contributed by atoms with Crippen molar-refractivity contribution in [3.05, 3.63) is 57.0 Å². The number of benzene rings is 1. The summed E-state index contributed by atoms with van der Waals surface area (Å²) < 4.78 is 1.32. The average Bonchev–Trinajstić information content (AvgIpc) is 3.13. The van der Waals surface area contributed by atoms with Gasteiger partial charge < -0.3 is 10.4 Å². The number of aromatic carboxylic acids is 1. The Bertz CT molecular complexity index is 1120. The van der Waals surface area contributed by atoms with Crippen LogP contribution in [0.1, 0.15) is 55.0 Å². The Morgan fingerprint density at radius 3 is 2.52 bits per heavy atom. The van der Waals surface area contributed by atoms with Crippen LogP contribution in [0, 0.1) is 0 Å². The van der Waals surface area contributed by atoms with Crippen LogP contribution < -0.4 is 10.9 Å². The molecule has 0 saturated carbocycles. The van der Waals surface area contributed by atoms with Crippen molar-refractivity contribution in [1.29, 1.82) is 0 Å². The summed E-state index contributed by atoms with van der Waals surface area (Å²) in [6, 6.07) is 6.68. The van der Waals surface area contributed by atoms with Crippen LogP contribution in [0.2, 0.25) is 0 Å². The zero-order chi connectivity index (χ0) is 21.1. The van der Waals surface area contributed by atoms with Crippen molar-refractivity contribution >= 4 is 39.1 Å². The fourth-order valence-electron chi connectivity index (χ4n) is 3.19. The number of aromatic nitrogens is 2. The van der Waals surface area contributed by atoms with Crippen LogP contribution in [0.25, 0.3) is 10.2 Å². The van der Waals surface area contributed by atoms with E-state index < -0.39 is 17.6 Å². The molecule has 0 fully saturated rings. The fraction of sp³-hybridized carbons (Fsp3) is 0.333. The van der Waals surface area contributed by atoms with E-state index in [1.807, 2.05) is 31.2 Å². The second-order valence-electron chi connectivity index (χ2n) is 6.80. The van der Waals surface area contributed by atoms with E-state index in [4.69, 9.17) is 0 Å². The van der Waals surface area contributed by atoms with Gasteiger partial charge in [-0.3, -0.25) is 14.2 Å². The Labute approximate surface area is 172 Å². The molecule has 0 aliphatic carbocycles. The number of carbonyl (C=O) groups excluding carboxylic acids is 1. The summed E-state index contributed by atoms with van der Waals surface area (Å²) in [7, 11) is 0. The smallest absolute Gasteiger partial charge is 0.337 e. The van der Waals surface area contributed by atoms with Crippen LogP contribution in [0.15, 0.2) is 34.4 Å². The van der Waals surface area contributed by atoms with Gasteiger partial charge in [0.15, 0.2) is 0 Å². The van der Waals surface area contributed by atoms with Crippen LogP contribution >= 0.6 is 11.3 Å². The number of thiophene rings is 1. The topological polar surface area (TPSA) is 101 Å². The highest BCUT2D eigenvalue weighted by Crippen LogP contribution is 2.24. The summed E-state index contributed by atoms with van der Waals surface area (Å²) in [5.41, 5.74) is 1.22. The van der Waals surface area contributed by atoms with Gasteiger partial charge in [0.2, 0.25) is 5.91 Å². The second-order valence-corrected chi connectivity index (χ2v) is 7.66. The maximum absolute atomic E-state index is 13.2. The Balaban J connectivity index is 2.03. The number of nitrogens with one attached hydrogen (secondary N) is 1. The van der Waals surface area contributed by atoms with Crippen molar-refractivity contribution in [2.75, 3.05) is 5.32 Å². The number of hydrogen-bond donors (Lipinski definition) is 2. The molecule has 7 nitrogen and oxygen atoms in total. The van der Waals surface area contributed by atoms with Crippen molar-refractivity contribution in [3.63, 3.8) is 0 Å². The van der Waals surface area contributed by atoms with Crippen molar-refractivity contribution in [2.24, 2.45) is 0 Å². The third-order valence-electron chi connectivity index (χ3n) is 4.81. The van der Waals surface area contributed by atoms with Gasteiger partial charge in [-0.25, -0.2) is 9.78 Å². The minimum absolute atomic E-state index is 0.0503. The quantitative estimate of drug-likeness (QED) is 0.612. The third kappa shape index (κ3) is 4.07. The van der Waals surface area contributed by atoms with E-state index in [0.717, 1.165) is 29.7 Å². The molecule has 152 valence electrons. The highest BCUT2D eigenvalue weighted by Gasteiger charge is 2.25. The molecule has 2 heterocycles. The molecule has 0 aliphatic heterocycles. The SMILES string of the molecule is CCCc1nc2scc(C(=O)O)c2c(=O)n1C(C)C(=O)Nc1ccc(CC)cc1. The molecule has 8 heteroatoms. The summed E-state index contributed by atoms with van der Waals surface area (Å²) in [4.78, 5) is 42.4. The molecule has 29 heavy (non-hydrogen) atoms. The Morgan fingerprint density at radius 1 is 1.24 bits per heavy atom. The Kier molecular flexibility index (Phi) is 6.12. The lowest BCUT2D eigenvalue weighted by atomic mass is 10.1. The van der Waals surface area contributed by atoms with Crippen LogP contribution in [0.3, 0.4) is 0 Å². The van der Waals surface area contributed by atoms with Gasteiger partial charge in [0.1, 0.15) is 16.7 Å². The number of hydrogen-bond acceptors (Lipinski definition) is 5. The minimum atomic E-state index is -1.18. The molecule has 1 atom stereocenters. The maximum atomic E-state index is 13.2. The molecule has 1 unspecified atom stereocenters. The van der Waals surface area contributed by atoms with Crippen LogP contribution in [0.4, 0.5) is 5.69 Å².